The van der Waals surface area contributed by atoms with Crippen LogP contribution in [0.2, 0.25) is 0 Å². The van der Waals surface area contributed by atoms with Gasteiger partial charge in [-0.2, -0.15) is 0 Å². The number of fused-ring (bicyclic) bond motifs is 2. The van der Waals surface area contributed by atoms with Crippen molar-refractivity contribution >= 4 is 53.4 Å². The number of hydrogen-bond donors (Lipinski definition) is 0. The Hall–Kier alpha value is -2.36. The Morgan fingerprint density at radius 1 is 0.444 bits per heavy atom. The van der Waals surface area contributed by atoms with Gasteiger partial charge in [0.1, 0.15) is 11.5 Å². The lowest BCUT2D eigenvalue weighted by Gasteiger charge is -2.07. The summed E-state index contributed by atoms with van der Waals surface area (Å²) in [5.74, 6) is 1.75. The van der Waals surface area contributed by atoms with Crippen LogP contribution in [-0.4, -0.2) is 0 Å². The van der Waals surface area contributed by atoms with Crippen molar-refractivity contribution in [1.29, 1.82) is 0 Å². The third-order valence-electron chi connectivity index (χ3n) is 4.88. The number of rotatable bonds is 2. The fourth-order valence-corrected chi connectivity index (χ4v) is 4.54. The highest BCUT2D eigenvalue weighted by atomic mass is 79.9. The van der Waals surface area contributed by atoms with Gasteiger partial charge in [0, 0.05) is 20.1 Å². The fraction of sp³-hybridized carbons (Fsp3) is 0. The molecule has 0 radical (unpaired) electrons. The molecule has 0 saturated carbocycles. The minimum atomic E-state index is 0.876. The molecule has 0 amide bonds. The van der Waals surface area contributed by atoms with E-state index in [-0.39, 0.29) is 0 Å². The fourth-order valence-electron chi connectivity index (χ4n) is 3.58. The van der Waals surface area contributed by atoms with Gasteiger partial charge in [-0.1, -0.05) is 80.4 Å². The smallest absolute Gasteiger partial charge is 0.135 e. The third kappa shape index (κ3) is 2.82. The quantitative estimate of drug-likeness (QED) is 0.248. The van der Waals surface area contributed by atoms with E-state index < -0.39 is 0 Å². The van der Waals surface area contributed by atoms with Gasteiger partial charge in [0.15, 0.2) is 0 Å². The molecule has 0 aliphatic heterocycles. The monoisotopic (exact) mass is 476 g/mol. The van der Waals surface area contributed by atoms with Gasteiger partial charge in [0.05, 0.1) is 0 Å². The van der Waals surface area contributed by atoms with Crippen molar-refractivity contribution in [2.24, 2.45) is 0 Å². The summed E-state index contributed by atoms with van der Waals surface area (Å²) in [5.41, 5.74) is 2.20. The Morgan fingerprint density at radius 3 is 1.30 bits per heavy atom. The second-order valence-corrected chi connectivity index (χ2v) is 8.15. The second kappa shape index (κ2) is 6.66. The van der Waals surface area contributed by atoms with Crippen LogP contribution in [0.25, 0.3) is 44.2 Å². The van der Waals surface area contributed by atoms with E-state index in [0.29, 0.717) is 0 Å². The van der Waals surface area contributed by atoms with E-state index in [1.54, 1.807) is 0 Å². The largest absolute Gasteiger partial charge is 0.456 e. The minimum Gasteiger partial charge on any atom is -0.456 e. The summed E-state index contributed by atoms with van der Waals surface area (Å²) in [7, 11) is 0. The zero-order valence-corrected chi connectivity index (χ0v) is 17.4. The van der Waals surface area contributed by atoms with E-state index in [1.807, 2.05) is 0 Å². The van der Waals surface area contributed by atoms with Crippen LogP contribution in [0.1, 0.15) is 0 Å². The van der Waals surface area contributed by atoms with E-state index >= 15 is 0 Å². The van der Waals surface area contributed by atoms with Crippen LogP contribution in [-0.2, 0) is 0 Å². The van der Waals surface area contributed by atoms with Gasteiger partial charge in [-0.05, 0) is 57.9 Å². The van der Waals surface area contributed by atoms with Gasteiger partial charge in [-0.25, -0.2) is 0 Å². The van der Waals surface area contributed by atoms with Gasteiger partial charge in [0.25, 0.3) is 0 Å². The average Bonchev–Trinajstić information content (AvgIpc) is 3.19. The maximum Gasteiger partial charge on any atom is 0.135 e. The van der Waals surface area contributed by atoms with E-state index in [0.717, 1.165) is 31.6 Å². The molecule has 3 heteroatoms. The SMILES string of the molecule is Brc1ccc(-c2ccc(-c3ccc(Br)c4ccccc34)o2)c2ccccc12. The van der Waals surface area contributed by atoms with Crippen LogP contribution in [0, 0.1) is 0 Å². The maximum atomic E-state index is 6.32. The van der Waals surface area contributed by atoms with Gasteiger partial charge in [0.2, 0.25) is 0 Å². The molecular weight excluding hydrogens is 464 g/mol. The number of benzene rings is 4. The highest BCUT2D eigenvalue weighted by molar-refractivity contribution is 9.11. The van der Waals surface area contributed by atoms with Crippen LogP contribution in [0.5, 0.6) is 0 Å². The predicted octanol–water partition coefficient (Wildman–Crippen LogP) is 8.45. The molecule has 1 heterocycles. The van der Waals surface area contributed by atoms with Crippen LogP contribution in [0.4, 0.5) is 0 Å². The van der Waals surface area contributed by atoms with Crippen molar-refractivity contribution in [2.45, 2.75) is 0 Å². The molecule has 1 aromatic heterocycles. The zero-order valence-electron chi connectivity index (χ0n) is 14.2. The van der Waals surface area contributed by atoms with Crippen LogP contribution in [0.15, 0.2) is 98.3 Å². The molecule has 5 aromatic rings. The summed E-state index contributed by atoms with van der Waals surface area (Å²) in [4.78, 5) is 0. The van der Waals surface area contributed by atoms with E-state index in [4.69, 9.17) is 4.42 Å². The van der Waals surface area contributed by atoms with Gasteiger partial charge >= 0.3 is 0 Å². The minimum absolute atomic E-state index is 0.876. The molecule has 0 atom stereocenters. The lowest BCUT2D eigenvalue weighted by atomic mass is 10.0. The first-order valence-electron chi connectivity index (χ1n) is 8.67. The zero-order chi connectivity index (χ0) is 18.4. The number of furan rings is 1. The van der Waals surface area contributed by atoms with Crippen molar-refractivity contribution in [3.8, 4) is 22.6 Å². The average molecular weight is 478 g/mol. The van der Waals surface area contributed by atoms with E-state index in [2.05, 4.69) is 117 Å². The molecule has 0 spiro atoms. The van der Waals surface area contributed by atoms with Crippen molar-refractivity contribution in [3.63, 3.8) is 0 Å². The third-order valence-corrected chi connectivity index (χ3v) is 6.26. The first kappa shape index (κ1) is 16.8. The van der Waals surface area contributed by atoms with Crippen LogP contribution < -0.4 is 0 Å². The molecule has 27 heavy (non-hydrogen) atoms. The van der Waals surface area contributed by atoms with Crippen molar-refractivity contribution < 1.29 is 4.42 Å². The molecule has 130 valence electrons. The lowest BCUT2D eigenvalue weighted by molar-refractivity contribution is 0.598. The predicted molar refractivity (Wildman–Crippen MR) is 120 cm³/mol. The number of halogens is 2. The van der Waals surface area contributed by atoms with Crippen molar-refractivity contribution in [2.75, 3.05) is 0 Å². The van der Waals surface area contributed by atoms with E-state index in [1.165, 1.54) is 21.5 Å². The summed E-state index contributed by atoms with van der Waals surface area (Å²) in [6.07, 6.45) is 0. The highest BCUT2D eigenvalue weighted by Gasteiger charge is 2.13. The Kier molecular flexibility index (Phi) is 4.14. The normalized spacial score (nSPS) is 11.3. The Bertz CT molecular complexity index is 1200. The highest BCUT2D eigenvalue weighted by Crippen LogP contribution is 2.38. The summed E-state index contributed by atoms with van der Waals surface area (Å²) >= 11 is 7.29. The van der Waals surface area contributed by atoms with Gasteiger partial charge in [-0.3, -0.25) is 0 Å². The molecule has 0 aliphatic carbocycles. The Balaban J connectivity index is 1.69. The summed E-state index contributed by atoms with van der Waals surface area (Å²) in [6, 6.07) is 29.2. The topological polar surface area (TPSA) is 13.1 Å². The Labute approximate surface area is 173 Å². The molecule has 5 rings (SSSR count). The van der Waals surface area contributed by atoms with Crippen molar-refractivity contribution in [1.82, 2.24) is 0 Å². The molecule has 0 N–H and O–H groups in total. The molecular formula is C24H14Br2O. The molecule has 0 bridgehead atoms. The molecule has 0 unspecified atom stereocenters. The molecule has 1 nitrogen and oxygen atoms in total. The Morgan fingerprint density at radius 2 is 0.852 bits per heavy atom. The number of hydrogen-bond acceptors (Lipinski definition) is 1. The van der Waals surface area contributed by atoms with Crippen LogP contribution in [0.3, 0.4) is 0 Å². The molecule has 0 aliphatic rings. The second-order valence-electron chi connectivity index (χ2n) is 6.44. The first-order chi connectivity index (χ1) is 13.2. The standard InChI is InChI=1S/C24H14Br2O/c25-21-11-9-19(15-5-1-3-7-17(15)21)23-13-14-24(27-23)20-10-12-22(26)18-8-4-2-6-16(18)20/h1-14H. The molecule has 0 saturated heterocycles. The lowest BCUT2D eigenvalue weighted by Crippen LogP contribution is -1.81. The molecule has 0 fully saturated rings. The maximum absolute atomic E-state index is 6.32. The molecule has 4 aromatic carbocycles. The summed E-state index contributed by atoms with van der Waals surface area (Å²) < 4.78 is 8.50. The first-order valence-corrected chi connectivity index (χ1v) is 10.3. The van der Waals surface area contributed by atoms with Gasteiger partial charge in [-0.15, -0.1) is 0 Å². The summed E-state index contributed by atoms with van der Waals surface area (Å²) in [6.45, 7) is 0. The van der Waals surface area contributed by atoms with Gasteiger partial charge < -0.3 is 4.42 Å². The summed E-state index contributed by atoms with van der Waals surface area (Å²) in [5, 5.41) is 4.71. The van der Waals surface area contributed by atoms with Crippen LogP contribution >= 0.6 is 31.9 Å². The van der Waals surface area contributed by atoms with Crippen molar-refractivity contribution in [3.05, 3.63) is 93.9 Å². The van der Waals surface area contributed by atoms with E-state index in [9.17, 15) is 0 Å².